The zero-order chi connectivity index (χ0) is 18.2. The molecule has 2 aliphatic heterocycles. The maximum Gasteiger partial charge on any atom is 0.222 e. The molecule has 0 N–H and O–H groups in total. The van der Waals surface area contributed by atoms with E-state index in [-0.39, 0.29) is 11.4 Å². The fourth-order valence-corrected chi connectivity index (χ4v) is 4.09. The fraction of sp³-hybridized carbons (Fsp3) is 0.611. The van der Waals surface area contributed by atoms with Crippen LogP contribution >= 0.6 is 11.6 Å². The summed E-state index contributed by atoms with van der Waals surface area (Å²) in [4.78, 5) is 18.3. The van der Waals surface area contributed by atoms with Crippen molar-refractivity contribution in [2.75, 3.05) is 40.3 Å². The van der Waals surface area contributed by atoms with Gasteiger partial charge in [0.05, 0.1) is 0 Å². The minimum absolute atomic E-state index is 0.0844. The fourth-order valence-electron chi connectivity index (χ4n) is 3.90. The Kier molecular flexibility index (Phi) is 5.32. The second-order valence-corrected chi connectivity index (χ2v) is 7.63. The van der Waals surface area contributed by atoms with E-state index in [0.29, 0.717) is 18.5 Å². The van der Waals surface area contributed by atoms with E-state index < -0.39 is 16.7 Å². The number of rotatable bonds is 2. The Morgan fingerprint density at radius 3 is 2.68 bits per heavy atom. The molecule has 25 heavy (non-hydrogen) atoms. The van der Waals surface area contributed by atoms with Crippen LogP contribution in [0.25, 0.3) is 0 Å². The lowest BCUT2D eigenvalue weighted by Gasteiger charge is -2.49. The van der Waals surface area contributed by atoms with E-state index in [4.69, 9.17) is 11.6 Å². The van der Waals surface area contributed by atoms with Gasteiger partial charge in [-0.2, -0.15) is 0 Å². The third-order valence-electron chi connectivity index (χ3n) is 5.73. The second kappa shape index (κ2) is 7.17. The van der Waals surface area contributed by atoms with Crippen molar-refractivity contribution >= 4 is 17.5 Å². The van der Waals surface area contributed by atoms with Crippen LogP contribution < -0.4 is 0 Å². The maximum absolute atomic E-state index is 14.2. The van der Waals surface area contributed by atoms with Crippen LogP contribution in [0.5, 0.6) is 0 Å². The van der Waals surface area contributed by atoms with Gasteiger partial charge >= 0.3 is 0 Å². The van der Waals surface area contributed by atoms with Gasteiger partial charge in [0.1, 0.15) is 16.7 Å². The standard InChI is InChI=1S/C18H24ClF2N3O/c1-22-8-7-18(6-5-15(22)25)12-24(10-9-23(18)2)11-13-3-4-14(20)16(19)17(13)21/h3-4H,5-12H2,1-2H3. The van der Waals surface area contributed by atoms with Gasteiger partial charge in [-0.3, -0.25) is 14.6 Å². The first-order chi connectivity index (χ1) is 11.8. The molecule has 0 aromatic heterocycles. The number of carbonyl (C=O) groups excluding carboxylic acids is 1. The molecule has 0 saturated carbocycles. The molecular formula is C18H24ClF2N3O. The largest absolute Gasteiger partial charge is 0.346 e. The molecule has 1 atom stereocenters. The number of piperazine rings is 1. The van der Waals surface area contributed by atoms with E-state index in [1.165, 1.54) is 12.1 Å². The van der Waals surface area contributed by atoms with Gasteiger partial charge in [0.15, 0.2) is 0 Å². The van der Waals surface area contributed by atoms with Crippen LogP contribution in [0.1, 0.15) is 24.8 Å². The summed E-state index contributed by atoms with van der Waals surface area (Å²) in [5.74, 6) is -1.23. The van der Waals surface area contributed by atoms with Crippen LogP contribution in [-0.4, -0.2) is 66.4 Å². The van der Waals surface area contributed by atoms with E-state index in [9.17, 15) is 13.6 Å². The molecule has 0 aliphatic carbocycles. The summed E-state index contributed by atoms with van der Waals surface area (Å²) < 4.78 is 27.6. The highest BCUT2D eigenvalue weighted by atomic mass is 35.5. The molecule has 2 heterocycles. The lowest BCUT2D eigenvalue weighted by molar-refractivity contribution is -0.129. The van der Waals surface area contributed by atoms with Crippen molar-refractivity contribution in [3.05, 3.63) is 34.4 Å². The lowest BCUT2D eigenvalue weighted by Crippen LogP contribution is -2.60. The molecule has 0 bridgehead atoms. The van der Waals surface area contributed by atoms with Crippen molar-refractivity contribution < 1.29 is 13.6 Å². The predicted octanol–water partition coefficient (Wildman–Crippen LogP) is 2.75. The molecule has 1 unspecified atom stereocenters. The van der Waals surface area contributed by atoms with Gasteiger partial charge in [-0.25, -0.2) is 8.78 Å². The van der Waals surface area contributed by atoms with Crippen molar-refractivity contribution in [3.63, 3.8) is 0 Å². The second-order valence-electron chi connectivity index (χ2n) is 7.26. The Hall–Kier alpha value is -1.24. The number of hydrogen-bond donors (Lipinski definition) is 0. The van der Waals surface area contributed by atoms with Crippen molar-refractivity contribution in [2.24, 2.45) is 0 Å². The van der Waals surface area contributed by atoms with Crippen molar-refractivity contribution in [2.45, 2.75) is 31.3 Å². The first kappa shape index (κ1) is 18.5. The molecular weight excluding hydrogens is 348 g/mol. The minimum atomic E-state index is -0.733. The number of likely N-dealkylation sites (tertiary alicyclic amines) is 1. The molecule has 2 saturated heterocycles. The number of hydrogen-bond acceptors (Lipinski definition) is 3. The Morgan fingerprint density at radius 2 is 1.92 bits per heavy atom. The zero-order valence-corrected chi connectivity index (χ0v) is 15.5. The van der Waals surface area contributed by atoms with Crippen LogP contribution in [0.2, 0.25) is 5.02 Å². The van der Waals surface area contributed by atoms with E-state index >= 15 is 0 Å². The average Bonchev–Trinajstić information content (AvgIpc) is 2.73. The summed E-state index contributed by atoms with van der Waals surface area (Å²) in [5, 5.41) is -0.442. The predicted molar refractivity (Wildman–Crippen MR) is 93.5 cm³/mol. The summed E-state index contributed by atoms with van der Waals surface area (Å²) >= 11 is 5.70. The number of carbonyl (C=O) groups is 1. The SMILES string of the molecule is CN1CCC2(CCC1=O)CN(Cc1ccc(F)c(Cl)c1F)CCN2C. The van der Waals surface area contributed by atoms with Gasteiger partial charge in [0.25, 0.3) is 0 Å². The lowest BCUT2D eigenvalue weighted by atomic mass is 9.86. The van der Waals surface area contributed by atoms with Gasteiger partial charge in [-0.15, -0.1) is 0 Å². The number of nitrogens with zero attached hydrogens (tertiary/aromatic N) is 3. The molecule has 4 nitrogen and oxygen atoms in total. The van der Waals surface area contributed by atoms with Crippen molar-refractivity contribution in [1.82, 2.24) is 14.7 Å². The van der Waals surface area contributed by atoms with Gasteiger partial charge in [-0.1, -0.05) is 17.7 Å². The quantitative estimate of drug-likeness (QED) is 0.748. The first-order valence-corrected chi connectivity index (χ1v) is 9.00. The van der Waals surface area contributed by atoms with E-state index in [0.717, 1.165) is 39.0 Å². The number of likely N-dealkylation sites (N-methyl/N-ethyl adjacent to an activating group) is 1. The molecule has 2 aliphatic rings. The minimum Gasteiger partial charge on any atom is -0.346 e. The molecule has 0 radical (unpaired) electrons. The molecule has 1 aromatic carbocycles. The molecule has 1 aromatic rings. The van der Waals surface area contributed by atoms with Gasteiger partial charge in [0.2, 0.25) is 5.91 Å². The van der Waals surface area contributed by atoms with Gasteiger partial charge in [-0.05, 0) is 26.0 Å². The highest BCUT2D eigenvalue weighted by molar-refractivity contribution is 6.30. The smallest absolute Gasteiger partial charge is 0.222 e. The Morgan fingerprint density at radius 1 is 1.16 bits per heavy atom. The van der Waals surface area contributed by atoms with Crippen LogP contribution in [0.4, 0.5) is 8.78 Å². The molecule has 1 spiro atoms. The summed E-state index contributed by atoms with van der Waals surface area (Å²) in [6.45, 7) is 3.54. The Balaban J connectivity index is 1.77. The highest BCUT2D eigenvalue weighted by Crippen LogP contribution is 2.33. The molecule has 3 rings (SSSR count). The first-order valence-electron chi connectivity index (χ1n) is 8.62. The van der Waals surface area contributed by atoms with Gasteiger partial charge in [0, 0.05) is 57.3 Å². The monoisotopic (exact) mass is 371 g/mol. The summed E-state index contributed by atoms with van der Waals surface area (Å²) in [6, 6.07) is 2.68. The van der Waals surface area contributed by atoms with Crippen LogP contribution in [0, 0.1) is 11.6 Å². The highest BCUT2D eigenvalue weighted by Gasteiger charge is 2.41. The maximum atomic E-state index is 14.2. The van der Waals surface area contributed by atoms with Crippen molar-refractivity contribution in [3.8, 4) is 0 Å². The summed E-state index contributed by atoms with van der Waals surface area (Å²) in [5.41, 5.74) is 0.326. The Bertz CT molecular complexity index is 672. The number of benzene rings is 1. The number of halogens is 3. The summed E-state index contributed by atoms with van der Waals surface area (Å²) in [6.07, 6.45) is 2.23. The Labute approximate surface area is 152 Å². The summed E-state index contributed by atoms with van der Waals surface area (Å²) in [7, 11) is 3.94. The zero-order valence-electron chi connectivity index (χ0n) is 14.7. The van der Waals surface area contributed by atoms with E-state index in [2.05, 4.69) is 16.8 Å². The molecule has 7 heteroatoms. The molecule has 2 fully saturated rings. The van der Waals surface area contributed by atoms with Gasteiger partial charge < -0.3 is 4.90 Å². The third-order valence-corrected chi connectivity index (χ3v) is 6.08. The van der Waals surface area contributed by atoms with E-state index in [1.807, 2.05) is 7.05 Å². The number of amides is 1. The normalized spacial score (nSPS) is 26.3. The molecule has 138 valence electrons. The van der Waals surface area contributed by atoms with Crippen LogP contribution in [-0.2, 0) is 11.3 Å². The third kappa shape index (κ3) is 3.66. The van der Waals surface area contributed by atoms with Crippen LogP contribution in [0.15, 0.2) is 12.1 Å². The van der Waals surface area contributed by atoms with E-state index in [1.54, 1.807) is 4.90 Å². The topological polar surface area (TPSA) is 26.8 Å². The van der Waals surface area contributed by atoms with Crippen molar-refractivity contribution in [1.29, 1.82) is 0 Å². The average molecular weight is 372 g/mol. The van der Waals surface area contributed by atoms with Crippen LogP contribution in [0.3, 0.4) is 0 Å². The molecule has 1 amide bonds.